The quantitative estimate of drug-likeness (QED) is 0.469. The molecule has 0 radical (unpaired) electrons. The average Bonchev–Trinajstić information content (AvgIpc) is 3.31. The third-order valence-electron chi connectivity index (χ3n) is 4.74. The molecule has 0 saturated heterocycles. The van der Waals surface area contributed by atoms with Gasteiger partial charge in [0, 0.05) is 5.39 Å². The fourth-order valence-electron chi connectivity index (χ4n) is 3.24. The summed E-state index contributed by atoms with van der Waals surface area (Å²) >= 11 is 1.56. The second-order valence-corrected chi connectivity index (χ2v) is 7.82. The van der Waals surface area contributed by atoms with Crippen LogP contribution in [-0.2, 0) is 17.9 Å². The predicted molar refractivity (Wildman–Crippen MR) is 118 cm³/mol. The molecule has 4 aromatic rings. The highest BCUT2D eigenvalue weighted by Crippen LogP contribution is 2.28. The third-order valence-corrected chi connectivity index (χ3v) is 5.62. The molecular formula is C23H22N2O4S. The summed E-state index contributed by atoms with van der Waals surface area (Å²) in [6, 6.07) is 18.9. The number of aliphatic hydroxyl groups is 1. The van der Waals surface area contributed by atoms with E-state index in [0.29, 0.717) is 12.0 Å². The molecule has 154 valence electrons. The Morgan fingerprint density at radius 3 is 2.53 bits per heavy atom. The first-order valence-corrected chi connectivity index (χ1v) is 10.5. The Morgan fingerprint density at radius 2 is 1.83 bits per heavy atom. The second kappa shape index (κ2) is 9.21. The Balaban J connectivity index is 1.49. The van der Waals surface area contributed by atoms with Crippen molar-refractivity contribution in [1.82, 2.24) is 9.78 Å². The van der Waals surface area contributed by atoms with Gasteiger partial charge in [-0.2, -0.15) is 5.10 Å². The monoisotopic (exact) mass is 422 g/mol. The number of fused-ring (bicyclic) bond motifs is 1. The van der Waals surface area contributed by atoms with Gasteiger partial charge in [0.05, 0.1) is 43.2 Å². The van der Waals surface area contributed by atoms with Gasteiger partial charge in [-0.15, -0.1) is 11.3 Å². The van der Waals surface area contributed by atoms with Crippen LogP contribution in [0.1, 0.15) is 5.56 Å². The minimum Gasteiger partial charge on any atom is -0.497 e. The summed E-state index contributed by atoms with van der Waals surface area (Å²) < 4.78 is 12.1. The van der Waals surface area contributed by atoms with Gasteiger partial charge in [0.15, 0.2) is 0 Å². The lowest BCUT2D eigenvalue weighted by Gasteiger charge is -2.14. The molecule has 0 bridgehead atoms. The first-order valence-electron chi connectivity index (χ1n) is 9.58. The summed E-state index contributed by atoms with van der Waals surface area (Å²) in [7, 11) is 1.62. The lowest BCUT2D eigenvalue weighted by Crippen LogP contribution is -2.31. The molecule has 0 spiro atoms. The minimum absolute atomic E-state index is 0.0602. The first kappa shape index (κ1) is 20.3. The van der Waals surface area contributed by atoms with Crippen LogP contribution < -0.4 is 10.3 Å². The second-order valence-electron chi connectivity index (χ2n) is 6.88. The van der Waals surface area contributed by atoms with Crippen molar-refractivity contribution in [3.63, 3.8) is 0 Å². The maximum absolute atomic E-state index is 12.9. The Morgan fingerprint density at radius 1 is 1.07 bits per heavy atom. The molecule has 1 N–H and O–H groups in total. The smallest absolute Gasteiger partial charge is 0.274 e. The predicted octanol–water partition coefficient (Wildman–Crippen LogP) is 3.71. The van der Waals surface area contributed by atoms with Crippen LogP contribution in [0.3, 0.4) is 0 Å². The molecule has 2 heterocycles. The number of nitrogens with zero attached hydrogens (tertiary/aromatic N) is 2. The number of methoxy groups -OCH3 is 1. The van der Waals surface area contributed by atoms with E-state index in [-0.39, 0.29) is 18.7 Å². The van der Waals surface area contributed by atoms with Gasteiger partial charge in [0.2, 0.25) is 0 Å². The zero-order valence-electron chi connectivity index (χ0n) is 16.5. The van der Waals surface area contributed by atoms with Gasteiger partial charge in [0.25, 0.3) is 5.56 Å². The maximum Gasteiger partial charge on any atom is 0.274 e. The van der Waals surface area contributed by atoms with Crippen molar-refractivity contribution in [3.05, 3.63) is 82.0 Å². The maximum atomic E-state index is 12.9. The molecule has 1 unspecified atom stereocenters. The van der Waals surface area contributed by atoms with Crippen LogP contribution in [-0.4, -0.2) is 34.7 Å². The number of aromatic nitrogens is 2. The van der Waals surface area contributed by atoms with E-state index in [1.54, 1.807) is 24.5 Å². The lowest BCUT2D eigenvalue weighted by atomic mass is 10.1. The molecule has 0 aliphatic carbocycles. The van der Waals surface area contributed by atoms with Gasteiger partial charge in [-0.25, -0.2) is 4.68 Å². The Kier molecular flexibility index (Phi) is 6.23. The van der Waals surface area contributed by atoms with E-state index in [9.17, 15) is 9.90 Å². The highest BCUT2D eigenvalue weighted by Gasteiger charge is 2.15. The van der Waals surface area contributed by atoms with E-state index in [0.717, 1.165) is 27.3 Å². The zero-order chi connectivity index (χ0) is 20.9. The minimum atomic E-state index is -0.856. The molecule has 0 amide bonds. The topological polar surface area (TPSA) is 73.6 Å². The third kappa shape index (κ3) is 4.43. The van der Waals surface area contributed by atoms with Gasteiger partial charge in [-0.3, -0.25) is 4.79 Å². The molecule has 30 heavy (non-hydrogen) atoms. The van der Waals surface area contributed by atoms with Crippen LogP contribution in [0, 0.1) is 0 Å². The summed E-state index contributed by atoms with van der Waals surface area (Å²) in [5.74, 6) is 0.780. The summed E-state index contributed by atoms with van der Waals surface area (Å²) in [6.07, 6.45) is -0.856. The molecule has 2 aromatic carbocycles. The number of aliphatic hydroxyl groups excluding tert-OH is 1. The Hall–Kier alpha value is -3.00. The Labute approximate surface area is 177 Å². The molecule has 2 aromatic heterocycles. The largest absolute Gasteiger partial charge is 0.497 e. The molecular weight excluding hydrogens is 400 g/mol. The normalized spacial score (nSPS) is 12.2. The van der Waals surface area contributed by atoms with Gasteiger partial charge in [-0.1, -0.05) is 36.4 Å². The number of rotatable bonds is 8. The summed E-state index contributed by atoms with van der Waals surface area (Å²) in [6.45, 7) is 0.521. The number of hydrogen-bond acceptors (Lipinski definition) is 6. The van der Waals surface area contributed by atoms with E-state index in [1.807, 2.05) is 60.0 Å². The van der Waals surface area contributed by atoms with Crippen molar-refractivity contribution >= 4 is 22.1 Å². The van der Waals surface area contributed by atoms with Gasteiger partial charge >= 0.3 is 0 Å². The standard InChI is InChI=1S/C23H22N2O4S/c1-28-18-10-8-16(9-11-18)14-29-15-17(26)13-25-23(27)20-6-3-2-5-19(20)22(24-25)21-7-4-12-30-21/h2-12,17,26H,13-15H2,1H3. The average molecular weight is 423 g/mol. The van der Waals surface area contributed by atoms with Gasteiger partial charge < -0.3 is 14.6 Å². The lowest BCUT2D eigenvalue weighted by molar-refractivity contribution is 0.0181. The number of thiophene rings is 1. The summed E-state index contributed by atoms with van der Waals surface area (Å²) in [4.78, 5) is 13.9. The SMILES string of the molecule is COc1ccc(COCC(O)Cn2nc(-c3cccs3)c3ccccc3c2=O)cc1. The van der Waals surface area contributed by atoms with Gasteiger partial charge in [-0.05, 0) is 35.2 Å². The molecule has 0 aliphatic rings. The van der Waals surface area contributed by atoms with E-state index >= 15 is 0 Å². The van der Waals surface area contributed by atoms with Crippen LogP contribution >= 0.6 is 11.3 Å². The molecule has 6 nitrogen and oxygen atoms in total. The van der Waals surface area contributed by atoms with Crippen molar-refractivity contribution < 1.29 is 14.6 Å². The highest BCUT2D eigenvalue weighted by molar-refractivity contribution is 7.13. The van der Waals surface area contributed by atoms with Crippen LogP contribution in [0.25, 0.3) is 21.3 Å². The molecule has 7 heteroatoms. The van der Waals surface area contributed by atoms with E-state index in [1.165, 1.54) is 4.68 Å². The molecule has 4 rings (SSSR count). The van der Waals surface area contributed by atoms with Crippen molar-refractivity contribution in [2.24, 2.45) is 0 Å². The fraction of sp³-hybridized carbons (Fsp3) is 0.217. The van der Waals surface area contributed by atoms with Crippen molar-refractivity contribution in [1.29, 1.82) is 0 Å². The van der Waals surface area contributed by atoms with Crippen LogP contribution in [0.2, 0.25) is 0 Å². The van der Waals surface area contributed by atoms with E-state index in [4.69, 9.17) is 9.47 Å². The number of ether oxygens (including phenoxy) is 2. The number of benzene rings is 2. The van der Waals surface area contributed by atoms with E-state index < -0.39 is 6.10 Å². The summed E-state index contributed by atoms with van der Waals surface area (Å²) in [5, 5.41) is 18.4. The van der Waals surface area contributed by atoms with Crippen molar-refractivity contribution in [3.8, 4) is 16.3 Å². The fourth-order valence-corrected chi connectivity index (χ4v) is 3.96. The highest BCUT2D eigenvalue weighted by atomic mass is 32.1. The number of hydrogen-bond donors (Lipinski definition) is 1. The van der Waals surface area contributed by atoms with E-state index in [2.05, 4.69) is 5.10 Å². The molecule has 1 atom stereocenters. The summed E-state index contributed by atoms with van der Waals surface area (Å²) in [5.41, 5.74) is 1.50. The van der Waals surface area contributed by atoms with Gasteiger partial charge in [0.1, 0.15) is 11.4 Å². The zero-order valence-corrected chi connectivity index (χ0v) is 17.3. The van der Waals surface area contributed by atoms with Crippen LogP contribution in [0.5, 0.6) is 5.75 Å². The molecule has 0 saturated carbocycles. The first-order chi connectivity index (χ1) is 14.7. The Bertz CT molecular complexity index is 1170. The van der Waals surface area contributed by atoms with Crippen LogP contribution in [0.15, 0.2) is 70.8 Å². The molecule has 0 fully saturated rings. The molecule has 0 aliphatic heterocycles. The van der Waals surface area contributed by atoms with Crippen molar-refractivity contribution in [2.45, 2.75) is 19.3 Å². The van der Waals surface area contributed by atoms with Crippen molar-refractivity contribution in [2.75, 3.05) is 13.7 Å². The van der Waals surface area contributed by atoms with Crippen LogP contribution in [0.4, 0.5) is 0 Å².